The molecule has 30 heavy (non-hydrogen) atoms. The summed E-state index contributed by atoms with van der Waals surface area (Å²) in [5.41, 5.74) is 4.64. The van der Waals surface area contributed by atoms with Gasteiger partial charge in [0.05, 0.1) is 24.4 Å². The molecule has 0 aliphatic rings. The highest BCUT2D eigenvalue weighted by Crippen LogP contribution is 2.21. The van der Waals surface area contributed by atoms with Crippen LogP contribution in [0, 0.1) is 0 Å². The zero-order chi connectivity index (χ0) is 21.1. The Kier molecular flexibility index (Phi) is 5.63. The molecular weight excluding hydrogens is 446 g/mol. The number of methoxy groups -OCH3 is 1. The minimum Gasteiger partial charge on any atom is -0.496 e. The molecule has 0 atom stereocenters. The average Bonchev–Trinajstić information content (AvgIpc) is 2.77. The molecule has 6 nitrogen and oxygen atoms in total. The van der Waals surface area contributed by atoms with Gasteiger partial charge in [-0.25, -0.2) is 5.43 Å². The third-order valence-electron chi connectivity index (χ3n) is 4.77. The quantitative estimate of drug-likeness (QED) is 0.275. The lowest BCUT2D eigenvalue weighted by atomic mass is 10.1. The highest BCUT2D eigenvalue weighted by molar-refractivity contribution is 9.10. The lowest BCUT2D eigenvalue weighted by Crippen LogP contribution is -2.25. The number of pyridine rings is 1. The summed E-state index contributed by atoms with van der Waals surface area (Å²) in [7, 11) is 1.58. The van der Waals surface area contributed by atoms with Crippen LogP contribution in [-0.2, 0) is 11.3 Å². The van der Waals surface area contributed by atoms with E-state index >= 15 is 0 Å². The zero-order valence-corrected chi connectivity index (χ0v) is 17.7. The van der Waals surface area contributed by atoms with E-state index < -0.39 is 0 Å². The molecule has 0 saturated heterocycles. The maximum atomic E-state index is 12.8. The molecule has 4 rings (SSSR count). The number of halogens is 1. The summed E-state index contributed by atoms with van der Waals surface area (Å²) in [6.07, 6.45) is 1.53. The van der Waals surface area contributed by atoms with E-state index in [-0.39, 0.29) is 17.9 Å². The average molecular weight is 464 g/mol. The van der Waals surface area contributed by atoms with Crippen molar-refractivity contribution in [2.45, 2.75) is 6.54 Å². The molecule has 0 bridgehead atoms. The summed E-state index contributed by atoms with van der Waals surface area (Å²) in [5.74, 6) is 0.341. The normalized spacial score (nSPS) is 11.3. The van der Waals surface area contributed by atoms with E-state index in [1.54, 1.807) is 19.2 Å². The van der Waals surface area contributed by atoms with Crippen LogP contribution in [0.4, 0.5) is 0 Å². The molecule has 0 aliphatic heterocycles. The van der Waals surface area contributed by atoms with Crippen LogP contribution in [0.2, 0.25) is 0 Å². The van der Waals surface area contributed by atoms with Crippen LogP contribution < -0.4 is 15.6 Å². The van der Waals surface area contributed by atoms with Crippen molar-refractivity contribution in [3.8, 4) is 5.75 Å². The Morgan fingerprint density at radius 1 is 1.07 bits per heavy atom. The highest BCUT2D eigenvalue weighted by Gasteiger charge is 2.12. The Labute approximate surface area is 180 Å². The monoisotopic (exact) mass is 463 g/mol. The number of hydrogen-bond donors (Lipinski definition) is 1. The summed E-state index contributed by atoms with van der Waals surface area (Å²) in [4.78, 5) is 25.4. The summed E-state index contributed by atoms with van der Waals surface area (Å²) in [6.45, 7) is 0.0221. The number of carbonyl (C=O) groups excluding carboxylic acids is 1. The van der Waals surface area contributed by atoms with Crippen LogP contribution in [0.1, 0.15) is 5.56 Å². The van der Waals surface area contributed by atoms with E-state index in [1.165, 1.54) is 6.21 Å². The van der Waals surface area contributed by atoms with Crippen molar-refractivity contribution in [2.24, 2.45) is 5.10 Å². The molecule has 0 aliphatic carbocycles. The van der Waals surface area contributed by atoms with E-state index in [2.05, 4.69) is 26.5 Å². The van der Waals surface area contributed by atoms with Crippen LogP contribution in [0.5, 0.6) is 5.75 Å². The SMILES string of the molecule is COc1ccc(Br)cc1/C=N\NC(=O)Cn1c2ccccc2c(=O)c2ccccc21. The molecule has 1 aromatic heterocycles. The number of aromatic nitrogens is 1. The highest BCUT2D eigenvalue weighted by atomic mass is 79.9. The first-order valence-corrected chi connectivity index (χ1v) is 10.0. The van der Waals surface area contributed by atoms with E-state index in [9.17, 15) is 9.59 Å². The molecule has 0 spiro atoms. The third-order valence-corrected chi connectivity index (χ3v) is 5.26. The minimum atomic E-state index is -0.306. The number of para-hydroxylation sites is 2. The van der Waals surface area contributed by atoms with Gasteiger partial charge in [-0.3, -0.25) is 9.59 Å². The zero-order valence-electron chi connectivity index (χ0n) is 16.1. The number of nitrogens with one attached hydrogen (secondary N) is 1. The molecule has 0 fully saturated rings. The Morgan fingerprint density at radius 2 is 1.70 bits per heavy atom. The van der Waals surface area contributed by atoms with Gasteiger partial charge in [0.2, 0.25) is 0 Å². The van der Waals surface area contributed by atoms with E-state index in [4.69, 9.17) is 4.74 Å². The standard InChI is InChI=1S/C23H18BrN3O3/c1-30-21-11-10-16(24)12-15(21)13-25-26-22(28)14-27-19-8-4-2-6-17(19)23(29)18-7-3-5-9-20(18)27/h2-13H,14H2,1H3,(H,26,28)/b25-13-. The van der Waals surface area contributed by atoms with Crippen LogP contribution in [0.15, 0.2) is 81.1 Å². The summed E-state index contributed by atoms with van der Waals surface area (Å²) in [5, 5.41) is 5.22. The van der Waals surface area contributed by atoms with Gasteiger partial charge in [0, 0.05) is 20.8 Å². The molecule has 1 amide bonds. The van der Waals surface area contributed by atoms with Crippen LogP contribution in [0.25, 0.3) is 21.8 Å². The summed E-state index contributed by atoms with van der Waals surface area (Å²) >= 11 is 3.41. The molecule has 1 heterocycles. The Bertz CT molecular complexity index is 1280. The van der Waals surface area contributed by atoms with Crippen molar-refractivity contribution in [2.75, 3.05) is 7.11 Å². The van der Waals surface area contributed by atoms with Gasteiger partial charge in [-0.2, -0.15) is 5.10 Å². The number of carbonyl (C=O) groups is 1. The molecule has 0 unspecified atom stereocenters. The van der Waals surface area contributed by atoms with Gasteiger partial charge in [0.15, 0.2) is 5.43 Å². The minimum absolute atomic E-state index is 0.0221. The van der Waals surface area contributed by atoms with Gasteiger partial charge in [0.1, 0.15) is 12.3 Å². The second-order valence-corrected chi connectivity index (χ2v) is 7.54. The van der Waals surface area contributed by atoms with Gasteiger partial charge in [-0.1, -0.05) is 40.2 Å². The second-order valence-electron chi connectivity index (χ2n) is 6.63. The molecule has 4 aromatic rings. The van der Waals surface area contributed by atoms with Crippen molar-refractivity contribution in [3.05, 3.63) is 87.0 Å². The maximum absolute atomic E-state index is 12.8. The molecular formula is C23H18BrN3O3. The second kappa shape index (κ2) is 8.51. The summed E-state index contributed by atoms with van der Waals surface area (Å²) in [6, 6.07) is 20.1. The van der Waals surface area contributed by atoms with Crippen LogP contribution >= 0.6 is 15.9 Å². The Morgan fingerprint density at radius 3 is 2.33 bits per heavy atom. The Hall–Kier alpha value is -3.45. The first kappa shape index (κ1) is 19.8. The molecule has 1 N–H and O–H groups in total. The molecule has 0 radical (unpaired) electrons. The number of benzene rings is 3. The fraction of sp³-hybridized carbons (Fsp3) is 0.0870. The van der Waals surface area contributed by atoms with Gasteiger partial charge in [0.25, 0.3) is 5.91 Å². The number of rotatable bonds is 5. The Balaban J connectivity index is 1.64. The van der Waals surface area contributed by atoms with E-state index in [0.29, 0.717) is 27.6 Å². The smallest absolute Gasteiger partial charge is 0.260 e. The lowest BCUT2D eigenvalue weighted by Gasteiger charge is -2.14. The number of fused-ring (bicyclic) bond motifs is 2. The number of amides is 1. The van der Waals surface area contributed by atoms with Crippen molar-refractivity contribution < 1.29 is 9.53 Å². The van der Waals surface area contributed by atoms with Crippen molar-refractivity contribution in [1.29, 1.82) is 0 Å². The number of hydrazone groups is 1. The summed E-state index contributed by atoms with van der Waals surface area (Å²) < 4.78 is 8.01. The number of ether oxygens (including phenoxy) is 1. The van der Waals surface area contributed by atoms with E-state index in [1.807, 2.05) is 59.2 Å². The largest absolute Gasteiger partial charge is 0.496 e. The first-order valence-electron chi connectivity index (χ1n) is 9.24. The third kappa shape index (κ3) is 3.84. The predicted octanol–water partition coefficient (Wildman–Crippen LogP) is 4.08. The predicted molar refractivity (Wildman–Crippen MR) is 122 cm³/mol. The molecule has 150 valence electrons. The van der Waals surface area contributed by atoms with Gasteiger partial charge >= 0.3 is 0 Å². The van der Waals surface area contributed by atoms with Crippen molar-refractivity contribution in [3.63, 3.8) is 0 Å². The van der Waals surface area contributed by atoms with Gasteiger partial charge in [-0.05, 0) is 42.5 Å². The molecule has 7 heteroatoms. The fourth-order valence-corrected chi connectivity index (χ4v) is 3.78. The molecule has 3 aromatic carbocycles. The van der Waals surface area contributed by atoms with Crippen molar-refractivity contribution in [1.82, 2.24) is 9.99 Å². The lowest BCUT2D eigenvalue weighted by molar-refractivity contribution is -0.121. The van der Waals surface area contributed by atoms with Crippen molar-refractivity contribution >= 4 is 49.9 Å². The topological polar surface area (TPSA) is 72.7 Å². The van der Waals surface area contributed by atoms with Crippen LogP contribution in [-0.4, -0.2) is 23.8 Å². The van der Waals surface area contributed by atoms with E-state index in [0.717, 1.165) is 10.0 Å². The number of nitrogens with zero attached hydrogens (tertiary/aromatic N) is 2. The van der Waals surface area contributed by atoms with Gasteiger partial charge in [-0.15, -0.1) is 0 Å². The van der Waals surface area contributed by atoms with Gasteiger partial charge < -0.3 is 9.30 Å². The maximum Gasteiger partial charge on any atom is 0.260 e. The number of hydrogen-bond acceptors (Lipinski definition) is 4. The fourth-order valence-electron chi connectivity index (χ4n) is 3.41. The first-order chi connectivity index (χ1) is 14.6. The molecule has 0 saturated carbocycles. The van der Waals surface area contributed by atoms with Crippen LogP contribution in [0.3, 0.4) is 0 Å².